The quantitative estimate of drug-likeness (QED) is 0.633. The number of aromatic nitrogens is 1. The molecule has 3 aromatic rings. The van der Waals surface area contributed by atoms with Crippen LogP contribution < -0.4 is 15.4 Å². The van der Waals surface area contributed by atoms with Gasteiger partial charge in [0.05, 0.1) is 19.0 Å². The van der Waals surface area contributed by atoms with Crippen molar-refractivity contribution < 1.29 is 9.53 Å². The summed E-state index contributed by atoms with van der Waals surface area (Å²) in [6.45, 7) is 4.32. The van der Waals surface area contributed by atoms with Crippen LogP contribution in [0.4, 0.5) is 17.1 Å². The first kappa shape index (κ1) is 18.5. The van der Waals surface area contributed by atoms with Gasteiger partial charge >= 0.3 is 0 Å². The molecule has 0 radical (unpaired) electrons. The Morgan fingerprint density at radius 2 is 1.81 bits per heavy atom. The minimum absolute atomic E-state index is 0.266. The van der Waals surface area contributed by atoms with Crippen molar-refractivity contribution in [3.05, 3.63) is 78.1 Å². The van der Waals surface area contributed by atoms with E-state index in [0.717, 1.165) is 11.4 Å². The third kappa shape index (κ3) is 4.64. The summed E-state index contributed by atoms with van der Waals surface area (Å²) in [4.78, 5) is 16.7. The van der Waals surface area contributed by atoms with Crippen molar-refractivity contribution in [3.63, 3.8) is 0 Å². The minimum atomic E-state index is -0.266. The number of pyridine rings is 1. The van der Waals surface area contributed by atoms with Crippen LogP contribution in [-0.4, -0.2) is 18.0 Å². The third-order valence-electron chi connectivity index (χ3n) is 4.19. The summed E-state index contributed by atoms with van der Waals surface area (Å²) in [5.41, 5.74) is 4.12. The number of benzene rings is 2. The van der Waals surface area contributed by atoms with Crippen molar-refractivity contribution in [2.75, 3.05) is 17.7 Å². The van der Waals surface area contributed by atoms with Gasteiger partial charge in [-0.2, -0.15) is 0 Å². The summed E-state index contributed by atoms with van der Waals surface area (Å²) in [5.74, 6) is 0.830. The van der Waals surface area contributed by atoms with Gasteiger partial charge < -0.3 is 15.4 Å². The molecule has 138 valence electrons. The summed E-state index contributed by atoms with van der Waals surface area (Å²) in [5, 5.41) is 6.20. The van der Waals surface area contributed by atoms with E-state index in [4.69, 9.17) is 4.74 Å². The second kappa shape index (κ2) is 8.36. The first-order valence-electron chi connectivity index (χ1n) is 8.84. The molecule has 1 amide bonds. The van der Waals surface area contributed by atoms with Crippen molar-refractivity contribution in [2.24, 2.45) is 0 Å². The molecule has 1 aromatic heterocycles. The maximum absolute atomic E-state index is 12.4. The molecule has 0 saturated carbocycles. The number of ether oxygens (including phenoxy) is 1. The van der Waals surface area contributed by atoms with E-state index in [1.165, 1.54) is 5.56 Å². The lowest BCUT2D eigenvalue weighted by molar-refractivity contribution is 0.102. The Labute approximate surface area is 159 Å². The summed E-state index contributed by atoms with van der Waals surface area (Å²) < 4.78 is 5.17. The molecule has 0 fully saturated rings. The van der Waals surface area contributed by atoms with Crippen molar-refractivity contribution >= 4 is 23.0 Å². The highest BCUT2D eigenvalue weighted by Gasteiger charge is 2.10. The number of nitrogens with one attached hydrogen (secondary N) is 2. The van der Waals surface area contributed by atoms with Crippen LogP contribution >= 0.6 is 0 Å². The highest BCUT2D eigenvalue weighted by molar-refractivity contribution is 6.03. The minimum Gasteiger partial charge on any atom is -0.497 e. The van der Waals surface area contributed by atoms with Gasteiger partial charge in [0.2, 0.25) is 0 Å². The third-order valence-corrected chi connectivity index (χ3v) is 4.19. The second-order valence-corrected chi connectivity index (χ2v) is 6.49. The monoisotopic (exact) mass is 361 g/mol. The fourth-order valence-electron chi connectivity index (χ4n) is 2.77. The zero-order valence-corrected chi connectivity index (χ0v) is 15.7. The lowest BCUT2D eigenvalue weighted by Gasteiger charge is -2.14. The Morgan fingerprint density at radius 1 is 1.00 bits per heavy atom. The lowest BCUT2D eigenvalue weighted by atomic mass is 10.0. The van der Waals surface area contributed by atoms with Crippen LogP contribution in [0.15, 0.2) is 66.9 Å². The van der Waals surface area contributed by atoms with Gasteiger partial charge in [0.25, 0.3) is 5.91 Å². The van der Waals surface area contributed by atoms with E-state index in [0.29, 0.717) is 23.0 Å². The molecule has 0 atom stereocenters. The molecule has 0 unspecified atom stereocenters. The first-order chi connectivity index (χ1) is 13.1. The second-order valence-electron chi connectivity index (χ2n) is 6.49. The maximum Gasteiger partial charge on any atom is 0.274 e. The number of amides is 1. The number of carbonyl (C=O) groups is 1. The number of hydrogen-bond acceptors (Lipinski definition) is 4. The molecule has 0 bridgehead atoms. The van der Waals surface area contributed by atoms with Gasteiger partial charge in [-0.15, -0.1) is 0 Å². The van der Waals surface area contributed by atoms with Crippen molar-refractivity contribution in [1.82, 2.24) is 4.98 Å². The zero-order valence-electron chi connectivity index (χ0n) is 15.7. The number of rotatable bonds is 6. The molecule has 0 aliphatic heterocycles. The summed E-state index contributed by atoms with van der Waals surface area (Å²) in [7, 11) is 1.59. The van der Waals surface area contributed by atoms with E-state index < -0.39 is 0 Å². The highest BCUT2D eigenvalue weighted by atomic mass is 16.5. The number of anilines is 3. The number of nitrogens with zero attached hydrogens (tertiary/aromatic N) is 1. The Morgan fingerprint density at radius 3 is 2.52 bits per heavy atom. The normalized spacial score (nSPS) is 10.5. The number of carbonyl (C=O) groups excluding carboxylic acids is 1. The smallest absolute Gasteiger partial charge is 0.274 e. The number of methoxy groups -OCH3 is 1. The molecule has 27 heavy (non-hydrogen) atoms. The topological polar surface area (TPSA) is 63.2 Å². The van der Waals surface area contributed by atoms with E-state index in [1.54, 1.807) is 31.5 Å². The average Bonchev–Trinajstić information content (AvgIpc) is 2.69. The lowest BCUT2D eigenvalue weighted by Crippen LogP contribution is -2.13. The van der Waals surface area contributed by atoms with Crippen molar-refractivity contribution in [3.8, 4) is 5.75 Å². The Balaban J connectivity index is 1.71. The summed E-state index contributed by atoms with van der Waals surface area (Å²) >= 11 is 0. The SMILES string of the molecule is COc1cccc(NC(=O)c2ccc(Nc3ccccc3C(C)C)cn2)c1. The molecular weight excluding hydrogens is 338 g/mol. The molecule has 0 aliphatic rings. The van der Waals surface area contributed by atoms with Crippen LogP contribution in [0.5, 0.6) is 5.75 Å². The molecule has 5 heteroatoms. The fourth-order valence-corrected chi connectivity index (χ4v) is 2.77. The molecule has 0 spiro atoms. The Kier molecular flexibility index (Phi) is 5.71. The Hall–Kier alpha value is -3.34. The van der Waals surface area contributed by atoms with Crippen LogP contribution in [0.25, 0.3) is 0 Å². The fraction of sp³-hybridized carbons (Fsp3) is 0.182. The van der Waals surface area contributed by atoms with Gasteiger partial charge in [-0.05, 0) is 41.8 Å². The van der Waals surface area contributed by atoms with Gasteiger partial charge in [0.1, 0.15) is 11.4 Å². The molecular formula is C22H23N3O2. The molecule has 2 N–H and O–H groups in total. The molecule has 0 aliphatic carbocycles. The molecule has 0 saturated heterocycles. The number of para-hydroxylation sites is 1. The summed E-state index contributed by atoms with van der Waals surface area (Å²) in [6, 6.07) is 18.9. The Bertz CT molecular complexity index is 921. The van der Waals surface area contributed by atoms with E-state index in [2.05, 4.69) is 35.5 Å². The molecule has 3 rings (SSSR count). The largest absolute Gasteiger partial charge is 0.497 e. The van der Waals surface area contributed by atoms with Gasteiger partial charge in [-0.1, -0.05) is 38.1 Å². The van der Waals surface area contributed by atoms with Gasteiger partial charge in [0, 0.05) is 17.4 Å². The first-order valence-corrected chi connectivity index (χ1v) is 8.84. The van der Waals surface area contributed by atoms with E-state index in [-0.39, 0.29) is 5.91 Å². The number of hydrogen-bond donors (Lipinski definition) is 2. The van der Waals surface area contributed by atoms with Crippen LogP contribution in [-0.2, 0) is 0 Å². The van der Waals surface area contributed by atoms with Gasteiger partial charge in [-0.25, -0.2) is 4.98 Å². The molecule has 2 aromatic carbocycles. The zero-order chi connectivity index (χ0) is 19.2. The van der Waals surface area contributed by atoms with Crippen LogP contribution in [0.2, 0.25) is 0 Å². The standard InChI is InChI=1S/C22H23N3O2/c1-15(2)19-9-4-5-10-20(19)24-17-11-12-21(23-14-17)22(26)25-16-7-6-8-18(13-16)27-3/h4-15,24H,1-3H3,(H,25,26). The van der Waals surface area contributed by atoms with Crippen LogP contribution in [0, 0.1) is 0 Å². The van der Waals surface area contributed by atoms with E-state index in [9.17, 15) is 4.79 Å². The van der Waals surface area contributed by atoms with Crippen LogP contribution in [0.3, 0.4) is 0 Å². The summed E-state index contributed by atoms with van der Waals surface area (Å²) in [6.07, 6.45) is 1.66. The maximum atomic E-state index is 12.4. The molecule has 5 nitrogen and oxygen atoms in total. The van der Waals surface area contributed by atoms with Crippen molar-refractivity contribution in [1.29, 1.82) is 0 Å². The van der Waals surface area contributed by atoms with Crippen LogP contribution in [0.1, 0.15) is 35.8 Å². The average molecular weight is 361 g/mol. The predicted octanol–water partition coefficient (Wildman–Crippen LogP) is 5.21. The van der Waals surface area contributed by atoms with Gasteiger partial charge in [-0.3, -0.25) is 4.79 Å². The highest BCUT2D eigenvalue weighted by Crippen LogP contribution is 2.26. The van der Waals surface area contributed by atoms with Gasteiger partial charge in [0.15, 0.2) is 0 Å². The molecule has 1 heterocycles. The van der Waals surface area contributed by atoms with E-state index >= 15 is 0 Å². The van der Waals surface area contributed by atoms with Crippen molar-refractivity contribution in [2.45, 2.75) is 19.8 Å². The predicted molar refractivity (Wildman–Crippen MR) is 109 cm³/mol. The van der Waals surface area contributed by atoms with E-state index in [1.807, 2.05) is 36.4 Å².